The molecule has 0 aliphatic heterocycles. The first-order valence-electron chi connectivity index (χ1n) is 34.7. The Kier molecular flexibility index (Phi) is 63.6. The number of aliphatic hydroxyl groups is 4. The van der Waals surface area contributed by atoms with E-state index in [9.17, 15) is 25.2 Å². The van der Waals surface area contributed by atoms with Gasteiger partial charge >= 0.3 is 0 Å². The van der Waals surface area contributed by atoms with Gasteiger partial charge in [-0.3, -0.25) is 4.79 Å². The number of hydrogen-bond acceptors (Lipinski definition) is 5. The van der Waals surface area contributed by atoms with E-state index in [4.69, 9.17) is 0 Å². The first-order valence-corrected chi connectivity index (χ1v) is 34.7. The lowest BCUT2D eigenvalue weighted by Crippen LogP contribution is -2.53. The van der Waals surface area contributed by atoms with Crippen LogP contribution in [-0.2, 0) is 4.79 Å². The monoisotopic (exact) mass is 1070 g/mol. The van der Waals surface area contributed by atoms with E-state index in [0.717, 1.165) is 38.5 Å². The Bertz CT molecular complexity index is 1160. The maximum absolute atomic E-state index is 12.7. The fourth-order valence-corrected chi connectivity index (χ4v) is 11.2. The van der Waals surface area contributed by atoms with Crippen molar-refractivity contribution in [3.05, 3.63) is 24.3 Å². The fourth-order valence-electron chi connectivity index (χ4n) is 11.2. The van der Waals surface area contributed by atoms with Crippen LogP contribution in [0.5, 0.6) is 0 Å². The highest BCUT2D eigenvalue weighted by molar-refractivity contribution is 5.80. The molecule has 0 fully saturated rings. The number of unbranched alkanes of at least 4 members (excludes halogenated alkanes) is 52. The van der Waals surface area contributed by atoms with E-state index in [-0.39, 0.29) is 0 Å². The minimum Gasteiger partial charge on any atom is -0.394 e. The van der Waals surface area contributed by atoms with Crippen molar-refractivity contribution in [1.82, 2.24) is 5.32 Å². The molecule has 4 unspecified atom stereocenters. The second-order valence-corrected chi connectivity index (χ2v) is 24.2. The number of aliphatic hydroxyl groups excluding tert-OH is 4. The predicted molar refractivity (Wildman–Crippen MR) is 334 cm³/mol. The fraction of sp³-hybridized carbons (Fsp3) is 0.929. The normalized spacial score (nSPS) is 13.6. The number of nitrogens with one attached hydrogen (secondary N) is 1. The number of rotatable bonds is 65. The van der Waals surface area contributed by atoms with Gasteiger partial charge in [-0.2, -0.15) is 0 Å². The number of carbonyl (C=O) groups excluding carboxylic acids is 1. The highest BCUT2D eigenvalue weighted by atomic mass is 16.3. The molecule has 0 aliphatic rings. The van der Waals surface area contributed by atoms with Crippen molar-refractivity contribution in [3.8, 4) is 0 Å². The Morgan fingerprint density at radius 3 is 0.789 bits per heavy atom. The minimum atomic E-state index is -1.28. The maximum Gasteiger partial charge on any atom is 0.249 e. The van der Waals surface area contributed by atoms with Gasteiger partial charge in [-0.25, -0.2) is 0 Å². The predicted octanol–water partition coefficient (Wildman–Crippen LogP) is 21.3. The summed E-state index contributed by atoms with van der Waals surface area (Å²) in [5.74, 6) is -0.586. The van der Waals surface area contributed by atoms with Gasteiger partial charge in [0.2, 0.25) is 5.91 Å². The molecule has 0 aliphatic carbocycles. The zero-order chi connectivity index (χ0) is 55.1. The average Bonchev–Trinajstić information content (AvgIpc) is 3.42. The molecular weight excluding hydrogens is 935 g/mol. The van der Waals surface area contributed by atoms with Crippen LogP contribution in [-0.4, -0.2) is 57.3 Å². The third-order valence-corrected chi connectivity index (χ3v) is 16.6. The van der Waals surface area contributed by atoms with Crippen LogP contribution in [0, 0.1) is 0 Å². The Hall–Kier alpha value is -1.21. The smallest absolute Gasteiger partial charge is 0.249 e. The topological polar surface area (TPSA) is 110 Å². The van der Waals surface area contributed by atoms with Crippen molar-refractivity contribution in [2.24, 2.45) is 0 Å². The summed E-state index contributed by atoms with van der Waals surface area (Å²) in [7, 11) is 0. The Morgan fingerprint density at radius 1 is 0.316 bits per heavy atom. The molecule has 0 aromatic heterocycles. The molecule has 76 heavy (non-hydrogen) atoms. The first-order chi connectivity index (χ1) is 37.5. The number of carbonyl (C=O) groups is 1. The molecule has 6 heteroatoms. The lowest BCUT2D eigenvalue weighted by Gasteiger charge is -2.27. The number of hydrogen-bond donors (Lipinski definition) is 5. The second kappa shape index (κ2) is 64.6. The van der Waals surface area contributed by atoms with Gasteiger partial charge < -0.3 is 25.7 Å². The lowest BCUT2D eigenvalue weighted by atomic mass is 10.00. The molecule has 6 nitrogen and oxygen atoms in total. The van der Waals surface area contributed by atoms with Gasteiger partial charge in [0.25, 0.3) is 0 Å². The summed E-state index contributed by atoms with van der Waals surface area (Å²) in [6.45, 7) is 4.10. The molecule has 0 rings (SSSR count). The zero-order valence-corrected chi connectivity index (χ0v) is 51.5. The second-order valence-electron chi connectivity index (χ2n) is 24.2. The highest BCUT2D eigenvalue weighted by Crippen LogP contribution is 2.19. The molecule has 5 N–H and O–H groups in total. The summed E-state index contributed by atoms with van der Waals surface area (Å²) in [6.07, 6.45) is 81.7. The van der Waals surface area contributed by atoms with Crippen molar-refractivity contribution in [3.63, 3.8) is 0 Å². The largest absolute Gasteiger partial charge is 0.394 e. The van der Waals surface area contributed by atoms with Crippen molar-refractivity contribution in [1.29, 1.82) is 0 Å². The van der Waals surface area contributed by atoms with E-state index in [1.165, 1.54) is 321 Å². The zero-order valence-electron chi connectivity index (χ0n) is 51.5. The van der Waals surface area contributed by atoms with Crippen molar-refractivity contribution in [2.75, 3.05) is 6.61 Å². The standard InChI is InChI=1S/C70H137NO5/c1-3-5-7-9-11-13-15-17-19-21-23-25-27-29-31-32-33-34-35-36-37-38-40-42-44-46-48-50-52-54-56-58-60-62-64-68(74)70(76)71-66(65-72)69(75)67(73)63-61-59-57-55-53-51-49-47-45-43-41-39-30-28-26-24-22-20-18-16-14-12-10-8-6-4-2/h32-33,55,57,66-69,72-75H,3-31,34-54,56,58-65H2,1-2H3,(H,71,76)/b33-32-,57-55+. The van der Waals surface area contributed by atoms with Crippen LogP contribution in [0.15, 0.2) is 24.3 Å². The Morgan fingerprint density at radius 2 is 0.539 bits per heavy atom. The summed E-state index contributed by atoms with van der Waals surface area (Å²) in [5, 5.41) is 44.2. The first kappa shape index (κ1) is 74.8. The van der Waals surface area contributed by atoms with Gasteiger partial charge in [-0.05, 0) is 64.2 Å². The van der Waals surface area contributed by atoms with Crippen LogP contribution < -0.4 is 5.32 Å². The van der Waals surface area contributed by atoms with Crippen LogP contribution in [0.3, 0.4) is 0 Å². The molecule has 0 aromatic carbocycles. The molecule has 0 bridgehead atoms. The molecule has 0 saturated heterocycles. The molecule has 4 atom stereocenters. The quantitative estimate of drug-likeness (QED) is 0.0308. The van der Waals surface area contributed by atoms with Crippen LogP contribution >= 0.6 is 0 Å². The van der Waals surface area contributed by atoms with Crippen LogP contribution in [0.4, 0.5) is 0 Å². The van der Waals surface area contributed by atoms with Crippen molar-refractivity contribution >= 4 is 5.91 Å². The maximum atomic E-state index is 12.7. The van der Waals surface area contributed by atoms with E-state index in [2.05, 4.69) is 43.5 Å². The van der Waals surface area contributed by atoms with Gasteiger partial charge in [0.05, 0.1) is 18.8 Å². The van der Waals surface area contributed by atoms with E-state index in [0.29, 0.717) is 12.8 Å². The minimum absolute atomic E-state index is 0.367. The summed E-state index contributed by atoms with van der Waals surface area (Å²) >= 11 is 0. The molecule has 1 amide bonds. The molecular formula is C70H137NO5. The number of allylic oxidation sites excluding steroid dienone is 4. The van der Waals surface area contributed by atoms with Gasteiger partial charge in [0, 0.05) is 0 Å². The van der Waals surface area contributed by atoms with Gasteiger partial charge in [0.15, 0.2) is 0 Å². The summed E-state index contributed by atoms with van der Waals surface area (Å²) < 4.78 is 0. The summed E-state index contributed by atoms with van der Waals surface area (Å²) in [4.78, 5) is 12.7. The van der Waals surface area contributed by atoms with E-state index >= 15 is 0 Å². The Balaban J connectivity index is 3.55. The van der Waals surface area contributed by atoms with E-state index in [1.54, 1.807) is 0 Å². The van der Waals surface area contributed by atoms with Crippen LogP contribution in [0.25, 0.3) is 0 Å². The van der Waals surface area contributed by atoms with Gasteiger partial charge in [0.1, 0.15) is 12.2 Å². The summed E-state index contributed by atoms with van der Waals surface area (Å²) in [5.41, 5.74) is 0. The number of amides is 1. The molecule has 0 saturated carbocycles. The van der Waals surface area contributed by atoms with Gasteiger partial charge in [-0.15, -0.1) is 0 Å². The van der Waals surface area contributed by atoms with Crippen molar-refractivity contribution in [2.45, 2.75) is 411 Å². The van der Waals surface area contributed by atoms with Crippen LogP contribution in [0.2, 0.25) is 0 Å². The van der Waals surface area contributed by atoms with E-state index in [1.807, 2.05) is 0 Å². The average molecular weight is 1070 g/mol. The van der Waals surface area contributed by atoms with Crippen molar-refractivity contribution < 1.29 is 25.2 Å². The third-order valence-electron chi connectivity index (χ3n) is 16.6. The van der Waals surface area contributed by atoms with E-state index < -0.39 is 36.9 Å². The molecule has 0 heterocycles. The third kappa shape index (κ3) is 57.5. The highest BCUT2D eigenvalue weighted by Gasteiger charge is 2.28. The lowest BCUT2D eigenvalue weighted by molar-refractivity contribution is -0.132. The van der Waals surface area contributed by atoms with Crippen LogP contribution in [0.1, 0.15) is 386 Å². The molecule has 452 valence electrons. The SMILES string of the molecule is CCCCCCCCCCCCCCCC/C=C\CCCCCCCCCCCCCCCCCCC(O)C(=O)NC(CO)C(O)C(O)CCC/C=C/CCCCCCCCCCCCCCCCCCCCCCC. The molecule has 0 aromatic rings. The summed E-state index contributed by atoms with van der Waals surface area (Å²) in [6, 6.07) is -1.00. The molecule has 0 spiro atoms. The Labute approximate surface area is 475 Å². The van der Waals surface area contributed by atoms with Gasteiger partial charge in [-0.1, -0.05) is 346 Å². The molecule has 0 radical (unpaired) electrons.